The summed E-state index contributed by atoms with van der Waals surface area (Å²) in [5, 5.41) is 0. The Hall–Kier alpha value is -0.780. The maximum absolute atomic E-state index is 11.2. The van der Waals surface area contributed by atoms with E-state index in [0.717, 1.165) is 31.6 Å². The highest BCUT2D eigenvalue weighted by atomic mass is 35.7. The van der Waals surface area contributed by atoms with Gasteiger partial charge in [-0.3, -0.25) is 0 Å². The van der Waals surface area contributed by atoms with Crippen LogP contribution in [0.2, 0.25) is 0 Å². The number of ether oxygens (including phenoxy) is 2. The second-order valence-electron chi connectivity index (χ2n) is 4.73. The summed E-state index contributed by atoms with van der Waals surface area (Å²) in [7, 11) is 1.62. The summed E-state index contributed by atoms with van der Waals surface area (Å²) in [6, 6.07) is 4.65. The van der Waals surface area contributed by atoms with Crippen molar-refractivity contribution in [2.45, 2.75) is 24.7 Å². The van der Waals surface area contributed by atoms with Crippen LogP contribution < -0.4 is 4.74 Å². The first kappa shape index (κ1) is 14.6. The minimum atomic E-state index is -3.68. The molecule has 0 atom stereocenters. The van der Waals surface area contributed by atoms with Crippen molar-refractivity contribution in [3.63, 3.8) is 0 Å². The maximum atomic E-state index is 11.2. The van der Waals surface area contributed by atoms with E-state index in [0.29, 0.717) is 18.3 Å². The van der Waals surface area contributed by atoms with E-state index in [1.165, 1.54) is 12.1 Å². The van der Waals surface area contributed by atoms with Gasteiger partial charge in [-0.25, -0.2) is 8.42 Å². The van der Waals surface area contributed by atoms with Crippen LogP contribution in [0.1, 0.15) is 18.4 Å². The fraction of sp³-hybridized carbons (Fsp3) is 0.538. The molecule has 1 aromatic carbocycles. The summed E-state index contributed by atoms with van der Waals surface area (Å²) in [6.45, 7) is 4.02. The zero-order chi connectivity index (χ0) is 13.9. The van der Waals surface area contributed by atoms with E-state index < -0.39 is 9.05 Å². The highest BCUT2D eigenvalue weighted by Gasteiger charge is 2.16. The molecule has 19 heavy (non-hydrogen) atoms. The molecule has 0 spiro atoms. The number of rotatable bonds is 4. The summed E-state index contributed by atoms with van der Waals surface area (Å²) in [6.07, 6.45) is 2.01. The number of aryl methyl sites for hydroxylation is 1. The van der Waals surface area contributed by atoms with Crippen molar-refractivity contribution in [1.82, 2.24) is 0 Å². The van der Waals surface area contributed by atoms with Gasteiger partial charge in [-0.05, 0) is 49.4 Å². The highest BCUT2D eigenvalue weighted by Crippen LogP contribution is 2.25. The molecule has 0 saturated carbocycles. The lowest BCUT2D eigenvalue weighted by Crippen LogP contribution is -2.21. The van der Waals surface area contributed by atoms with Crippen molar-refractivity contribution >= 4 is 19.7 Å². The third-order valence-electron chi connectivity index (χ3n) is 3.24. The predicted octanol–water partition coefficient (Wildman–Crippen LogP) is 2.73. The third-order valence-corrected chi connectivity index (χ3v) is 4.59. The van der Waals surface area contributed by atoms with Crippen molar-refractivity contribution in [1.29, 1.82) is 0 Å². The Morgan fingerprint density at radius 2 is 2.05 bits per heavy atom. The van der Waals surface area contributed by atoms with Gasteiger partial charge in [0.25, 0.3) is 9.05 Å². The van der Waals surface area contributed by atoms with E-state index in [9.17, 15) is 8.42 Å². The van der Waals surface area contributed by atoms with Gasteiger partial charge < -0.3 is 9.47 Å². The summed E-state index contributed by atoms with van der Waals surface area (Å²) >= 11 is 0. The first-order valence-electron chi connectivity index (χ1n) is 6.22. The molecule has 1 aliphatic heterocycles. The molecule has 1 heterocycles. The molecule has 0 amide bonds. The average Bonchev–Trinajstić information content (AvgIpc) is 2.37. The fourth-order valence-corrected chi connectivity index (χ4v) is 2.89. The van der Waals surface area contributed by atoms with Crippen LogP contribution in [0.15, 0.2) is 23.1 Å². The zero-order valence-electron chi connectivity index (χ0n) is 10.8. The quantitative estimate of drug-likeness (QED) is 0.803. The molecule has 0 aliphatic carbocycles. The summed E-state index contributed by atoms with van der Waals surface area (Å²) in [5.74, 6) is 1.21. The summed E-state index contributed by atoms with van der Waals surface area (Å²) in [5.41, 5.74) is 0.772. The van der Waals surface area contributed by atoms with Crippen LogP contribution in [0.3, 0.4) is 0 Å². The van der Waals surface area contributed by atoms with Crippen LogP contribution in [0, 0.1) is 12.8 Å². The predicted molar refractivity (Wildman–Crippen MR) is 73.3 cm³/mol. The standard InChI is InChI=1S/C13H17ClO4S/c1-10-8-12(19(14,15)16)2-3-13(10)18-9-11-4-6-17-7-5-11/h2-3,8,11H,4-7,9H2,1H3. The second kappa shape index (κ2) is 6.11. The minimum absolute atomic E-state index is 0.102. The van der Waals surface area contributed by atoms with Gasteiger partial charge >= 0.3 is 0 Å². The van der Waals surface area contributed by atoms with E-state index in [1.807, 2.05) is 6.92 Å². The van der Waals surface area contributed by atoms with E-state index in [-0.39, 0.29) is 4.90 Å². The van der Waals surface area contributed by atoms with Gasteiger partial charge in [0.2, 0.25) is 0 Å². The molecule has 4 nitrogen and oxygen atoms in total. The largest absolute Gasteiger partial charge is 0.493 e. The van der Waals surface area contributed by atoms with Gasteiger partial charge in [0.1, 0.15) is 5.75 Å². The number of benzene rings is 1. The molecular formula is C13H17ClO4S. The Kier molecular flexibility index (Phi) is 4.71. The van der Waals surface area contributed by atoms with Crippen LogP contribution >= 0.6 is 10.7 Å². The van der Waals surface area contributed by atoms with Crippen LogP contribution in [0.5, 0.6) is 5.75 Å². The molecule has 2 rings (SSSR count). The van der Waals surface area contributed by atoms with Crippen LogP contribution in [0.4, 0.5) is 0 Å². The van der Waals surface area contributed by atoms with Gasteiger partial charge in [0, 0.05) is 23.9 Å². The minimum Gasteiger partial charge on any atom is -0.493 e. The lowest BCUT2D eigenvalue weighted by Gasteiger charge is -2.22. The molecule has 1 saturated heterocycles. The van der Waals surface area contributed by atoms with Crippen LogP contribution in [-0.2, 0) is 13.8 Å². The van der Waals surface area contributed by atoms with Gasteiger partial charge in [0.05, 0.1) is 11.5 Å². The second-order valence-corrected chi connectivity index (χ2v) is 7.30. The molecule has 0 N–H and O–H groups in total. The topological polar surface area (TPSA) is 52.6 Å². The van der Waals surface area contributed by atoms with Crippen molar-refractivity contribution in [2.75, 3.05) is 19.8 Å². The molecule has 1 fully saturated rings. The number of hydrogen-bond donors (Lipinski definition) is 0. The maximum Gasteiger partial charge on any atom is 0.261 e. The van der Waals surface area contributed by atoms with E-state index in [4.69, 9.17) is 20.2 Å². The van der Waals surface area contributed by atoms with Gasteiger partial charge in [-0.2, -0.15) is 0 Å². The molecule has 0 bridgehead atoms. The van der Waals surface area contributed by atoms with Gasteiger partial charge in [-0.1, -0.05) is 0 Å². The number of halogens is 1. The van der Waals surface area contributed by atoms with E-state index in [2.05, 4.69) is 0 Å². The summed E-state index contributed by atoms with van der Waals surface area (Å²) < 4.78 is 33.5. The summed E-state index contributed by atoms with van der Waals surface area (Å²) in [4.78, 5) is 0.102. The van der Waals surface area contributed by atoms with Crippen molar-refractivity contribution in [2.24, 2.45) is 5.92 Å². The monoisotopic (exact) mass is 304 g/mol. The lowest BCUT2D eigenvalue weighted by atomic mass is 10.0. The normalized spacial score (nSPS) is 17.4. The Morgan fingerprint density at radius 3 is 2.63 bits per heavy atom. The van der Waals surface area contributed by atoms with Crippen molar-refractivity contribution < 1.29 is 17.9 Å². The molecule has 1 aromatic rings. The molecule has 0 unspecified atom stereocenters. The van der Waals surface area contributed by atoms with Gasteiger partial charge in [-0.15, -0.1) is 0 Å². The van der Waals surface area contributed by atoms with Crippen LogP contribution in [0.25, 0.3) is 0 Å². The first-order valence-corrected chi connectivity index (χ1v) is 8.53. The Morgan fingerprint density at radius 1 is 1.37 bits per heavy atom. The van der Waals surface area contributed by atoms with Crippen LogP contribution in [-0.4, -0.2) is 28.2 Å². The third kappa shape index (κ3) is 4.09. The van der Waals surface area contributed by atoms with Crippen molar-refractivity contribution in [3.05, 3.63) is 23.8 Å². The molecule has 0 aromatic heterocycles. The number of hydrogen-bond acceptors (Lipinski definition) is 4. The van der Waals surface area contributed by atoms with E-state index >= 15 is 0 Å². The Labute approximate surface area is 118 Å². The lowest BCUT2D eigenvalue weighted by molar-refractivity contribution is 0.0496. The molecule has 6 heteroatoms. The fourth-order valence-electron chi connectivity index (χ4n) is 2.06. The smallest absolute Gasteiger partial charge is 0.261 e. The average molecular weight is 305 g/mol. The molecular weight excluding hydrogens is 288 g/mol. The molecule has 1 aliphatic rings. The highest BCUT2D eigenvalue weighted by molar-refractivity contribution is 8.13. The SMILES string of the molecule is Cc1cc(S(=O)(=O)Cl)ccc1OCC1CCOCC1. The molecule has 0 radical (unpaired) electrons. The zero-order valence-corrected chi connectivity index (χ0v) is 12.3. The molecule has 106 valence electrons. The Balaban J connectivity index is 2.01. The van der Waals surface area contributed by atoms with E-state index in [1.54, 1.807) is 6.07 Å². The van der Waals surface area contributed by atoms with Crippen molar-refractivity contribution in [3.8, 4) is 5.75 Å². The Bertz CT molecular complexity index is 536. The van der Waals surface area contributed by atoms with Gasteiger partial charge in [0.15, 0.2) is 0 Å². The first-order chi connectivity index (χ1) is 8.97.